The monoisotopic (exact) mass is 454 g/mol. The fourth-order valence-corrected chi connectivity index (χ4v) is 2.22. The van der Waals surface area contributed by atoms with Crippen molar-refractivity contribution in [1.29, 1.82) is 0 Å². The predicted molar refractivity (Wildman–Crippen MR) is 120 cm³/mol. The molecular formula is C20H40BrO4P. The van der Waals surface area contributed by atoms with E-state index in [0.29, 0.717) is 18.6 Å². The number of aldehydes is 1. The van der Waals surface area contributed by atoms with Crippen molar-refractivity contribution in [2.45, 2.75) is 85.0 Å². The summed E-state index contributed by atoms with van der Waals surface area (Å²) in [6.45, 7) is 7.93. The van der Waals surface area contributed by atoms with Crippen molar-refractivity contribution >= 4 is 43.6 Å². The Kier molecular flexibility index (Phi) is 40.9. The molecule has 0 saturated heterocycles. The van der Waals surface area contributed by atoms with E-state index in [1.165, 1.54) is 12.6 Å². The number of carboxylic acid groups (broad SMARTS) is 1. The van der Waals surface area contributed by atoms with Gasteiger partial charge in [0.1, 0.15) is 12.1 Å². The molecule has 0 aromatic heterocycles. The van der Waals surface area contributed by atoms with E-state index < -0.39 is 5.97 Å². The van der Waals surface area contributed by atoms with Gasteiger partial charge in [-0.15, -0.1) is 25.6 Å². The van der Waals surface area contributed by atoms with Gasteiger partial charge in [-0.2, -0.15) is 0 Å². The van der Waals surface area contributed by atoms with Crippen LogP contribution in [-0.2, 0) is 14.4 Å². The molecule has 0 rings (SSSR count). The van der Waals surface area contributed by atoms with Crippen molar-refractivity contribution in [2.24, 2.45) is 0 Å². The van der Waals surface area contributed by atoms with Gasteiger partial charge in [-0.05, 0) is 64.7 Å². The smallest absolute Gasteiger partial charge is 0.303 e. The van der Waals surface area contributed by atoms with Gasteiger partial charge >= 0.3 is 5.97 Å². The molecule has 0 amide bonds. The van der Waals surface area contributed by atoms with Crippen LogP contribution < -0.4 is 0 Å². The van der Waals surface area contributed by atoms with Crippen LogP contribution >= 0.6 is 25.6 Å². The first-order valence-electron chi connectivity index (χ1n) is 9.40. The SMILES string of the molecule is Br.CC/C=C/CCCCC(=O)O.CCCC=O.CPCCCCC(C)=O. The number of halogens is 1. The largest absolute Gasteiger partial charge is 0.481 e. The molecule has 6 heteroatoms. The van der Waals surface area contributed by atoms with Crippen LogP contribution in [0.15, 0.2) is 12.2 Å². The molecule has 1 atom stereocenters. The summed E-state index contributed by atoms with van der Waals surface area (Å²) in [6, 6.07) is 0. The maximum absolute atomic E-state index is 10.4. The average molecular weight is 455 g/mol. The molecule has 0 heterocycles. The minimum atomic E-state index is -0.690. The van der Waals surface area contributed by atoms with Gasteiger partial charge in [-0.3, -0.25) is 4.79 Å². The van der Waals surface area contributed by atoms with Gasteiger partial charge in [0.15, 0.2) is 0 Å². The van der Waals surface area contributed by atoms with Crippen molar-refractivity contribution in [3.63, 3.8) is 0 Å². The minimum Gasteiger partial charge on any atom is -0.481 e. The molecule has 0 saturated carbocycles. The van der Waals surface area contributed by atoms with Gasteiger partial charge in [-0.25, -0.2) is 0 Å². The highest BCUT2D eigenvalue weighted by molar-refractivity contribution is 8.93. The Bertz CT molecular complexity index is 334. The summed E-state index contributed by atoms with van der Waals surface area (Å²) in [7, 11) is 1.05. The fraction of sp³-hybridized carbons (Fsp3) is 0.750. The number of carbonyl (C=O) groups is 3. The predicted octanol–water partition coefficient (Wildman–Crippen LogP) is 6.21. The zero-order chi connectivity index (χ0) is 19.8. The number of hydrogen-bond acceptors (Lipinski definition) is 3. The van der Waals surface area contributed by atoms with Crippen molar-refractivity contribution in [3.05, 3.63) is 12.2 Å². The van der Waals surface area contributed by atoms with Crippen LogP contribution in [0.3, 0.4) is 0 Å². The van der Waals surface area contributed by atoms with Crippen LogP contribution in [0.25, 0.3) is 0 Å². The number of carboxylic acids is 1. The van der Waals surface area contributed by atoms with E-state index in [1.54, 1.807) is 6.92 Å². The summed E-state index contributed by atoms with van der Waals surface area (Å²) in [5.41, 5.74) is 0. The highest BCUT2D eigenvalue weighted by Crippen LogP contribution is 2.07. The van der Waals surface area contributed by atoms with Crippen molar-refractivity contribution in [3.8, 4) is 0 Å². The number of unbranched alkanes of at least 4 members (excludes halogenated alkanes) is 4. The Labute approximate surface area is 173 Å². The quantitative estimate of drug-likeness (QED) is 0.155. The van der Waals surface area contributed by atoms with Crippen LogP contribution in [0.1, 0.15) is 85.0 Å². The number of hydrogen-bond donors (Lipinski definition) is 1. The van der Waals surface area contributed by atoms with Gasteiger partial charge in [0.2, 0.25) is 0 Å². The van der Waals surface area contributed by atoms with Gasteiger partial charge < -0.3 is 14.7 Å². The summed E-state index contributed by atoms with van der Waals surface area (Å²) in [4.78, 5) is 29.9. The van der Waals surface area contributed by atoms with E-state index in [4.69, 9.17) is 5.11 Å². The molecule has 0 radical (unpaired) electrons. The standard InChI is InChI=1S/C9H16O2.C7H15OP.C4H8O.BrH/c1-2-3-4-5-6-7-8-9(10)11;1-7(8)5-3-4-6-9-2;1-2-3-4-5;/h3-4H,2,5-8H2,1H3,(H,10,11);9H,3-6H2,1-2H3;4H,2-3H2,1H3;1H/b4-3+;;;. The average Bonchev–Trinajstić information content (AvgIpc) is 2.56. The maximum atomic E-state index is 10.4. The molecule has 0 aromatic rings. The first-order chi connectivity index (χ1) is 12.0. The molecule has 0 aromatic carbocycles. The zero-order valence-electron chi connectivity index (χ0n) is 17.1. The number of carbonyl (C=O) groups excluding carboxylic acids is 2. The Hall–Kier alpha value is -0.540. The maximum Gasteiger partial charge on any atom is 0.303 e. The molecule has 0 aliphatic carbocycles. The van der Waals surface area contributed by atoms with E-state index in [1.807, 2.05) is 6.92 Å². The normalized spacial score (nSPS) is 9.69. The second kappa shape index (κ2) is 32.2. The van der Waals surface area contributed by atoms with E-state index >= 15 is 0 Å². The summed E-state index contributed by atoms with van der Waals surface area (Å²) in [6.07, 6.45) is 15.4. The van der Waals surface area contributed by atoms with Crippen LogP contribution in [0.2, 0.25) is 0 Å². The van der Waals surface area contributed by atoms with Crippen molar-refractivity contribution < 1.29 is 19.5 Å². The first kappa shape index (κ1) is 33.1. The molecular weight excluding hydrogens is 415 g/mol. The lowest BCUT2D eigenvalue weighted by Crippen LogP contribution is -1.92. The van der Waals surface area contributed by atoms with Crippen LogP contribution in [0, 0.1) is 0 Å². The Morgan fingerprint density at radius 3 is 1.96 bits per heavy atom. The molecule has 26 heavy (non-hydrogen) atoms. The molecule has 156 valence electrons. The van der Waals surface area contributed by atoms with Crippen molar-refractivity contribution in [1.82, 2.24) is 0 Å². The summed E-state index contributed by atoms with van der Waals surface area (Å²) in [5.74, 6) is -0.362. The number of aliphatic carboxylic acids is 1. The molecule has 4 nitrogen and oxygen atoms in total. The van der Waals surface area contributed by atoms with Gasteiger partial charge in [-0.1, -0.05) is 26.0 Å². The fourth-order valence-electron chi connectivity index (χ4n) is 1.62. The van der Waals surface area contributed by atoms with Gasteiger partial charge in [0.05, 0.1) is 0 Å². The lowest BCUT2D eigenvalue weighted by atomic mass is 10.2. The molecule has 0 aliphatic rings. The van der Waals surface area contributed by atoms with E-state index in [-0.39, 0.29) is 17.0 Å². The van der Waals surface area contributed by atoms with E-state index in [0.717, 1.165) is 59.8 Å². The second-order valence-corrected chi connectivity index (χ2v) is 6.94. The summed E-state index contributed by atoms with van der Waals surface area (Å²) in [5, 5.41) is 8.30. The van der Waals surface area contributed by atoms with Gasteiger partial charge in [0.25, 0.3) is 0 Å². The molecule has 1 N–H and O–H groups in total. The third kappa shape index (κ3) is 49.5. The third-order valence-electron chi connectivity index (χ3n) is 3.03. The summed E-state index contributed by atoms with van der Waals surface area (Å²) >= 11 is 0. The molecule has 0 spiro atoms. The first-order valence-corrected chi connectivity index (χ1v) is 11.1. The highest BCUT2D eigenvalue weighted by atomic mass is 79.9. The Morgan fingerprint density at radius 1 is 0.962 bits per heavy atom. The minimum absolute atomic E-state index is 0. The Balaban J connectivity index is -0.000000146. The number of ketones is 1. The third-order valence-corrected chi connectivity index (χ3v) is 3.88. The molecule has 0 bridgehead atoms. The zero-order valence-corrected chi connectivity index (χ0v) is 19.8. The number of allylic oxidation sites excluding steroid dienone is 2. The second-order valence-electron chi connectivity index (χ2n) is 5.74. The van der Waals surface area contributed by atoms with Crippen LogP contribution in [0.5, 0.6) is 0 Å². The van der Waals surface area contributed by atoms with Crippen LogP contribution in [0.4, 0.5) is 0 Å². The van der Waals surface area contributed by atoms with E-state index in [9.17, 15) is 14.4 Å². The van der Waals surface area contributed by atoms with E-state index in [2.05, 4.69) is 25.7 Å². The van der Waals surface area contributed by atoms with Crippen LogP contribution in [-0.4, -0.2) is 36.0 Å². The van der Waals surface area contributed by atoms with Crippen molar-refractivity contribution in [2.75, 3.05) is 12.8 Å². The number of Topliss-reactive ketones (excluding diaryl/α,β-unsaturated/α-hetero) is 1. The lowest BCUT2D eigenvalue weighted by Gasteiger charge is -1.93. The Morgan fingerprint density at radius 2 is 1.58 bits per heavy atom. The summed E-state index contributed by atoms with van der Waals surface area (Å²) < 4.78 is 0. The van der Waals surface area contributed by atoms with Gasteiger partial charge in [0, 0.05) is 19.3 Å². The molecule has 1 unspecified atom stereocenters. The number of rotatable bonds is 13. The topological polar surface area (TPSA) is 71.4 Å². The molecule has 0 fully saturated rings. The lowest BCUT2D eigenvalue weighted by molar-refractivity contribution is -0.137. The highest BCUT2D eigenvalue weighted by Gasteiger charge is 1.93. The molecule has 0 aliphatic heterocycles.